The molecule has 1 fully saturated rings. The number of nitrogens with zero attached hydrogens (tertiary/aromatic N) is 2. The molecule has 1 aliphatic rings. The predicted octanol–water partition coefficient (Wildman–Crippen LogP) is 5.77. The smallest absolute Gasteiger partial charge is 0.270 e. The summed E-state index contributed by atoms with van der Waals surface area (Å²) in [6, 6.07) is 12.2. The maximum atomic E-state index is 13.5. The third kappa shape index (κ3) is 4.61. The van der Waals surface area contributed by atoms with Crippen LogP contribution in [0.2, 0.25) is 0 Å². The molecule has 0 amide bonds. The summed E-state index contributed by atoms with van der Waals surface area (Å²) >= 11 is 0. The maximum absolute atomic E-state index is 13.5. The third-order valence-corrected chi connectivity index (χ3v) is 5.44. The normalized spacial score (nSPS) is 14.2. The Hall–Kier alpha value is -2.82. The first-order valence-electron chi connectivity index (χ1n) is 9.91. The molecule has 29 heavy (non-hydrogen) atoms. The molecule has 1 aliphatic carbocycles. The number of rotatable bonds is 7. The van der Waals surface area contributed by atoms with Crippen LogP contribution < -0.4 is 0 Å². The molecule has 0 bridgehead atoms. The molecule has 150 valence electrons. The summed E-state index contributed by atoms with van der Waals surface area (Å²) in [5, 5.41) is 0. The van der Waals surface area contributed by atoms with Crippen LogP contribution in [0.5, 0.6) is 0 Å². The van der Waals surface area contributed by atoms with Gasteiger partial charge in [0, 0.05) is 43.3 Å². The summed E-state index contributed by atoms with van der Waals surface area (Å²) in [5.41, 5.74) is 4.39. The summed E-state index contributed by atoms with van der Waals surface area (Å²) in [6.45, 7) is 0.901. The van der Waals surface area contributed by atoms with Crippen LogP contribution in [0.1, 0.15) is 53.2 Å². The highest BCUT2D eigenvalue weighted by molar-refractivity contribution is 5.97. The fourth-order valence-corrected chi connectivity index (χ4v) is 3.53. The topological polar surface area (TPSA) is 34.9 Å². The van der Waals surface area contributed by atoms with Crippen LogP contribution in [0.4, 0.5) is 8.78 Å². The Morgan fingerprint density at radius 3 is 2.48 bits per heavy atom. The van der Waals surface area contributed by atoms with Gasteiger partial charge in [0.2, 0.25) is 0 Å². The molecular weight excluding hydrogens is 370 g/mol. The molecule has 0 atom stereocenters. The zero-order valence-corrected chi connectivity index (χ0v) is 16.7. The highest BCUT2D eigenvalue weighted by atomic mass is 19.3. The van der Waals surface area contributed by atoms with Crippen LogP contribution in [-0.2, 0) is 19.4 Å². The molecule has 0 spiro atoms. The molecule has 1 heterocycles. The Balaban J connectivity index is 1.65. The molecule has 4 rings (SSSR count). The Morgan fingerprint density at radius 1 is 1.17 bits per heavy atom. The number of benzene rings is 2. The molecule has 0 aliphatic heterocycles. The highest BCUT2D eigenvalue weighted by Crippen LogP contribution is 2.34. The summed E-state index contributed by atoms with van der Waals surface area (Å²) in [7, 11) is 1.90. The van der Waals surface area contributed by atoms with Crippen molar-refractivity contribution >= 4 is 5.78 Å². The number of aryl methyl sites for hydroxylation is 1. The van der Waals surface area contributed by atoms with E-state index in [-0.39, 0.29) is 11.3 Å². The van der Waals surface area contributed by atoms with Gasteiger partial charge in [-0.05, 0) is 42.4 Å². The van der Waals surface area contributed by atoms with Gasteiger partial charge in [0.25, 0.3) is 5.92 Å². The summed E-state index contributed by atoms with van der Waals surface area (Å²) < 4.78 is 28.8. The zero-order chi connectivity index (χ0) is 20.6. The van der Waals surface area contributed by atoms with E-state index in [0.717, 1.165) is 42.1 Å². The molecule has 2 aromatic carbocycles. The molecule has 3 nitrogen and oxygen atoms in total. The van der Waals surface area contributed by atoms with Crippen LogP contribution in [-0.4, -0.2) is 15.3 Å². The van der Waals surface area contributed by atoms with Gasteiger partial charge in [-0.1, -0.05) is 36.4 Å². The Labute approximate surface area is 169 Å². The second-order valence-electron chi connectivity index (χ2n) is 8.13. The van der Waals surface area contributed by atoms with E-state index in [9.17, 15) is 13.6 Å². The number of Topliss-reactive ketones (excluding diaryl/α,β-unsaturated/α-hetero) is 1. The first-order valence-corrected chi connectivity index (χ1v) is 9.91. The largest absolute Gasteiger partial charge is 0.340 e. The highest BCUT2D eigenvalue weighted by Gasteiger charge is 2.26. The summed E-state index contributed by atoms with van der Waals surface area (Å²) in [5.74, 6) is -2.14. The van der Waals surface area contributed by atoms with Crippen molar-refractivity contribution in [1.29, 1.82) is 0 Å². The maximum Gasteiger partial charge on any atom is 0.270 e. The van der Waals surface area contributed by atoms with Gasteiger partial charge in [0.05, 0.1) is 12.0 Å². The first kappa shape index (κ1) is 19.5. The minimum atomic E-state index is -2.85. The Kier molecular flexibility index (Phi) is 5.07. The number of imidazole rings is 1. The minimum Gasteiger partial charge on any atom is -0.340 e. The third-order valence-electron chi connectivity index (χ3n) is 5.44. The molecule has 3 aromatic rings. The number of aromatic nitrogens is 2. The lowest BCUT2D eigenvalue weighted by molar-refractivity contribution is 0.0174. The number of halogens is 2. The van der Waals surface area contributed by atoms with Crippen molar-refractivity contribution in [2.45, 2.75) is 38.5 Å². The van der Waals surface area contributed by atoms with Crippen LogP contribution in [0.15, 0.2) is 55.0 Å². The number of hydrogen-bond acceptors (Lipinski definition) is 2. The molecule has 5 heteroatoms. The molecule has 0 radical (unpaired) electrons. The fourth-order valence-electron chi connectivity index (χ4n) is 3.53. The number of carbonyl (C=O) groups is 1. The number of hydrogen-bond donors (Lipinski definition) is 0. The minimum absolute atomic E-state index is 0.00669. The van der Waals surface area contributed by atoms with Crippen molar-refractivity contribution < 1.29 is 13.6 Å². The van der Waals surface area contributed by atoms with E-state index in [1.54, 1.807) is 18.5 Å². The van der Waals surface area contributed by atoms with Gasteiger partial charge in [-0.2, -0.15) is 0 Å². The van der Waals surface area contributed by atoms with Gasteiger partial charge in [-0.3, -0.25) is 4.79 Å². The number of ketones is 1. The zero-order valence-electron chi connectivity index (χ0n) is 16.7. The number of carbonyl (C=O) groups excluding carboxylic acids is 1. The molecule has 1 saturated carbocycles. The molecular formula is C24H24F2N2O. The van der Waals surface area contributed by atoms with Crippen molar-refractivity contribution in [3.8, 4) is 11.3 Å². The SMILES string of the molecule is Cn1cnc(-c2cc(C(=O)CC3CC3)ccc2Cc2ccc(C(C)(F)F)cc2)c1. The van der Waals surface area contributed by atoms with Gasteiger partial charge in [0.1, 0.15) is 0 Å². The molecule has 1 aromatic heterocycles. The van der Waals surface area contributed by atoms with E-state index in [4.69, 9.17) is 0 Å². The van der Waals surface area contributed by atoms with Crippen molar-refractivity contribution in [3.63, 3.8) is 0 Å². The number of alkyl halides is 2. The fraction of sp³-hybridized carbons (Fsp3) is 0.333. The van der Waals surface area contributed by atoms with E-state index in [1.165, 1.54) is 12.1 Å². The monoisotopic (exact) mass is 394 g/mol. The van der Waals surface area contributed by atoms with Gasteiger partial charge in [0.15, 0.2) is 5.78 Å². The van der Waals surface area contributed by atoms with E-state index < -0.39 is 5.92 Å². The van der Waals surface area contributed by atoms with Crippen LogP contribution in [0, 0.1) is 5.92 Å². The Bertz CT molecular complexity index is 1030. The van der Waals surface area contributed by atoms with Crippen LogP contribution >= 0.6 is 0 Å². The first-order chi connectivity index (χ1) is 13.8. The lowest BCUT2D eigenvalue weighted by atomic mass is 9.93. The van der Waals surface area contributed by atoms with Gasteiger partial charge in [-0.25, -0.2) is 13.8 Å². The Morgan fingerprint density at radius 2 is 1.90 bits per heavy atom. The van der Waals surface area contributed by atoms with E-state index in [1.807, 2.05) is 36.0 Å². The quantitative estimate of drug-likeness (QED) is 0.477. The molecule has 0 saturated heterocycles. The molecule has 0 N–H and O–H groups in total. The van der Waals surface area contributed by atoms with E-state index in [2.05, 4.69) is 4.98 Å². The predicted molar refractivity (Wildman–Crippen MR) is 109 cm³/mol. The second kappa shape index (κ2) is 7.54. The van der Waals surface area contributed by atoms with E-state index >= 15 is 0 Å². The van der Waals surface area contributed by atoms with Gasteiger partial charge < -0.3 is 4.57 Å². The van der Waals surface area contributed by atoms with Gasteiger partial charge in [-0.15, -0.1) is 0 Å². The lowest BCUT2D eigenvalue weighted by Gasteiger charge is -2.13. The molecule has 0 unspecified atom stereocenters. The second-order valence-corrected chi connectivity index (χ2v) is 8.13. The summed E-state index contributed by atoms with van der Waals surface area (Å²) in [6.07, 6.45) is 7.13. The van der Waals surface area contributed by atoms with Crippen molar-refractivity contribution in [1.82, 2.24) is 9.55 Å². The average molecular weight is 394 g/mol. The van der Waals surface area contributed by atoms with Crippen molar-refractivity contribution in [2.75, 3.05) is 0 Å². The summed E-state index contributed by atoms with van der Waals surface area (Å²) in [4.78, 5) is 17.0. The van der Waals surface area contributed by atoms with Crippen molar-refractivity contribution in [3.05, 3.63) is 77.2 Å². The van der Waals surface area contributed by atoms with Crippen molar-refractivity contribution in [2.24, 2.45) is 13.0 Å². The van der Waals surface area contributed by atoms with Gasteiger partial charge >= 0.3 is 0 Å². The standard InChI is InChI=1S/C24H24F2N2O/c1-24(25,26)20-9-5-16(6-10-20)11-18-7-8-19(23(29)12-17-3-4-17)13-21(18)22-14-28(2)15-27-22/h5-10,13-15,17H,3-4,11-12H2,1-2H3. The lowest BCUT2D eigenvalue weighted by Crippen LogP contribution is -2.06. The van der Waals surface area contributed by atoms with Crippen LogP contribution in [0.25, 0.3) is 11.3 Å². The van der Waals surface area contributed by atoms with E-state index in [0.29, 0.717) is 24.3 Å². The average Bonchev–Trinajstić information content (AvgIpc) is 3.39. The van der Waals surface area contributed by atoms with Crippen LogP contribution in [0.3, 0.4) is 0 Å².